The Labute approximate surface area is 138 Å². The molecule has 0 aliphatic heterocycles. The van der Waals surface area contributed by atoms with E-state index in [4.69, 9.17) is 5.21 Å². The third kappa shape index (κ3) is 3.11. The highest BCUT2D eigenvalue weighted by molar-refractivity contribution is 6.11. The maximum Gasteiger partial charge on any atom is 0.267 e. The standard InChI is InChI=1S/C19H16N2O3/c1-21-12-16(11-17(21)8-9-18(22)20-24)19(23)15-7-6-13-4-2-3-5-14(13)10-15/h2-12,24H,1H3,(H,20,22)/b9-8+. The molecule has 0 aliphatic rings. The number of carbonyl (C=O) groups is 2. The number of aryl methyl sites for hydroxylation is 1. The van der Waals surface area contributed by atoms with Crippen LogP contribution in [0.2, 0.25) is 0 Å². The largest absolute Gasteiger partial charge is 0.350 e. The van der Waals surface area contributed by atoms with Crippen molar-refractivity contribution < 1.29 is 14.8 Å². The fraction of sp³-hybridized carbons (Fsp3) is 0.0526. The van der Waals surface area contributed by atoms with E-state index in [1.54, 1.807) is 23.9 Å². The van der Waals surface area contributed by atoms with Gasteiger partial charge in [0.2, 0.25) is 0 Å². The van der Waals surface area contributed by atoms with Crippen molar-refractivity contribution in [2.24, 2.45) is 7.05 Å². The van der Waals surface area contributed by atoms with Crippen molar-refractivity contribution in [1.82, 2.24) is 10.0 Å². The Morgan fingerprint density at radius 3 is 2.54 bits per heavy atom. The van der Waals surface area contributed by atoms with Crippen LogP contribution in [0.1, 0.15) is 21.6 Å². The van der Waals surface area contributed by atoms with Crippen LogP contribution in [0.5, 0.6) is 0 Å². The number of hydrogen-bond donors (Lipinski definition) is 2. The molecule has 0 unspecified atom stereocenters. The average molecular weight is 320 g/mol. The first kappa shape index (κ1) is 15.7. The summed E-state index contributed by atoms with van der Waals surface area (Å²) in [5.74, 6) is -0.707. The second-order valence-electron chi connectivity index (χ2n) is 5.46. The first-order chi connectivity index (χ1) is 11.6. The molecule has 120 valence electrons. The summed E-state index contributed by atoms with van der Waals surface area (Å²) in [7, 11) is 1.79. The lowest BCUT2D eigenvalue weighted by atomic mass is 10.0. The van der Waals surface area contributed by atoms with E-state index in [0.717, 1.165) is 10.8 Å². The summed E-state index contributed by atoms with van der Waals surface area (Å²) < 4.78 is 1.75. The van der Waals surface area contributed by atoms with E-state index in [1.165, 1.54) is 17.6 Å². The topological polar surface area (TPSA) is 71.3 Å². The zero-order valence-electron chi connectivity index (χ0n) is 13.1. The van der Waals surface area contributed by atoms with E-state index in [0.29, 0.717) is 16.8 Å². The Morgan fingerprint density at radius 1 is 1.04 bits per heavy atom. The average Bonchev–Trinajstić information content (AvgIpc) is 2.99. The molecule has 3 rings (SSSR count). The van der Waals surface area contributed by atoms with Crippen LogP contribution in [0.15, 0.2) is 60.8 Å². The summed E-state index contributed by atoms with van der Waals surface area (Å²) in [6.45, 7) is 0. The Balaban J connectivity index is 1.91. The fourth-order valence-corrected chi connectivity index (χ4v) is 2.57. The Morgan fingerprint density at radius 2 is 1.79 bits per heavy atom. The lowest BCUT2D eigenvalue weighted by Gasteiger charge is -2.01. The van der Waals surface area contributed by atoms with Gasteiger partial charge in [-0.25, -0.2) is 5.48 Å². The fourth-order valence-electron chi connectivity index (χ4n) is 2.57. The van der Waals surface area contributed by atoms with Crippen molar-refractivity contribution >= 4 is 28.5 Å². The second kappa shape index (κ2) is 6.52. The molecule has 3 aromatic rings. The van der Waals surface area contributed by atoms with Gasteiger partial charge in [-0.05, 0) is 29.0 Å². The number of fused-ring (bicyclic) bond motifs is 1. The molecule has 1 amide bonds. The zero-order chi connectivity index (χ0) is 17.1. The number of nitrogens with one attached hydrogen (secondary N) is 1. The van der Waals surface area contributed by atoms with Crippen LogP contribution < -0.4 is 5.48 Å². The molecular formula is C19H16N2O3. The lowest BCUT2D eigenvalue weighted by Crippen LogP contribution is -2.14. The molecule has 0 radical (unpaired) electrons. The van der Waals surface area contributed by atoms with Crippen LogP contribution in [0.4, 0.5) is 0 Å². The van der Waals surface area contributed by atoms with Crippen molar-refractivity contribution in [2.45, 2.75) is 0 Å². The number of hydroxylamine groups is 1. The number of nitrogens with zero attached hydrogens (tertiary/aromatic N) is 1. The highest BCUT2D eigenvalue weighted by Gasteiger charge is 2.12. The molecule has 0 aliphatic carbocycles. The SMILES string of the molecule is Cn1cc(C(=O)c2ccc3ccccc3c2)cc1/C=C/C(=O)NO. The van der Waals surface area contributed by atoms with Crippen molar-refractivity contribution in [3.8, 4) is 0 Å². The van der Waals surface area contributed by atoms with E-state index in [9.17, 15) is 9.59 Å². The summed E-state index contributed by atoms with van der Waals surface area (Å²) >= 11 is 0. The highest BCUT2D eigenvalue weighted by atomic mass is 16.5. The lowest BCUT2D eigenvalue weighted by molar-refractivity contribution is -0.124. The third-order valence-corrected chi connectivity index (χ3v) is 3.83. The summed E-state index contributed by atoms with van der Waals surface area (Å²) in [6.07, 6.45) is 4.44. The van der Waals surface area contributed by atoms with Gasteiger partial charge in [-0.1, -0.05) is 36.4 Å². The molecule has 0 saturated heterocycles. The van der Waals surface area contributed by atoms with Gasteiger partial charge in [0, 0.05) is 36.1 Å². The summed E-state index contributed by atoms with van der Waals surface area (Å²) in [5.41, 5.74) is 3.36. The highest BCUT2D eigenvalue weighted by Crippen LogP contribution is 2.19. The van der Waals surface area contributed by atoms with Crippen LogP contribution in [-0.4, -0.2) is 21.5 Å². The van der Waals surface area contributed by atoms with E-state index < -0.39 is 5.91 Å². The minimum atomic E-state index is -0.626. The molecule has 5 nitrogen and oxygen atoms in total. The molecule has 2 N–H and O–H groups in total. The molecule has 24 heavy (non-hydrogen) atoms. The monoisotopic (exact) mass is 320 g/mol. The first-order valence-electron chi connectivity index (χ1n) is 7.40. The number of benzene rings is 2. The molecule has 1 aromatic heterocycles. The number of hydrogen-bond acceptors (Lipinski definition) is 3. The third-order valence-electron chi connectivity index (χ3n) is 3.83. The molecule has 0 saturated carbocycles. The minimum absolute atomic E-state index is 0.0809. The maximum absolute atomic E-state index is 12.7. The summed E-state index contributed by atoms with van der Waals surface area (Å²) in [4.78, 5) is 23.8. The Bertz CT molecular complexity index is 954. The summed E-state index contributed by atoms with van der Waals surface area (Å²) in [6, 6.07) is 15.2. The van der Waals surface area contributed by atoms with Gasteiger partial charge in [-0.15, -0.1) is 0 Å². The number of aromatic nitrogens is 1. The van der Waals surface area contributed by atoms with Gasteiger partial charge in [0.05, 0.1) is 0 Å². The molecule has 2 aromatic carbocycles. The summed E-state index contributed by atoms with van der Waals surface area (Å²) in [5, 5.41) is 10.6. The second-order valence-corrected chi connectivity index (χ2v) is 5.46. The van der Waals surface area contributed by atoms with Crippen LogP contribution in [-0.2, 0) is 11.8 Å². The van der Waals surface area contributed by atoms with Crippen molar-refractivity contribution in [3.05, 3.63) is 77.6 Å². The van der Waals surface area contributed by atoms with E-state index in [1.807, 2.05) is 42.5 Å². The molecular weight excluding hydrogens is 304 g/mol. The van der Waals surface area contributed by atoms with E-state index in [2.05, 4.69) is 0 Å². The Hall–Kier alpha value is -3.18. The van der Waals surface area contributed by atoms with Crippen molar-refractivity contribution in [3.63, 3.8) is 0 Å². The molecule has 0 bridgehead atoms. The maximum atomic E-state index is 12.7. The number of rotatable bonds is 4. The predicted molar refractivity (Wildman–Crippen MR) is 91.8 cm³/mol. The first-order valence-corrected chi connectivity index (χ1v) is 7.40. The van der Waals surface area contributed by atoms with Gasteiger partial charge < -0.3 is 4.57 Å². The quantitative estimate of drug-likeness (QED) is 0.336. The number of carbonyl (C=O) groups excluding carboxylic acids is 2. The van der Waals surface area contributed by atoms with Gasteiger partial charge in [0.1, 0.15) is 0 Å². The number of amides is 1. The predicted octanol–water partition coefficient (Wildman–Crippen LogP) is 2.93. The molecule has 5 heteroatoms. The molecule has 0 spiro atoms. The van der Waals surface area contributed by atoms with Gasteiger partial charge >= 0.3 is 0 Å². The van der Waals surface area contributed by atoms with Gasteiger partial charge in [-0.3, -0.25) is 14.8 Å². The van der Waals surface area contributed by atoms with Crippen LogP contribution in [0.3, 0.4) is 0 Å². The smallest absolute Gasteiger partial charge is 0.267 e. The minimum Gasteiger partial charge on any atom is -0.350 e. The van der Waals surface area contributed by atoms with Crippen LogP contribution in [0, 0.1) is 0 Å². The normalized spacial score (nSPS) is 11.1. The van der Waals surface area contributed by atoms with Crippen LogP contribution >= 0.6 is 0 Å². The van der Waals surface area contributed by atoms with Crippen LogP contribution in [0.25, 0.3) is 16.8 Å². The molecule has 0 atom stereocenters. The van der Waals surface area contributed by atoms with Crippen molar-refractivity contribution in [1.29, 1.82) is 0 Å². The van der Waals surface area contributed by atoms with E-state index in [-0.39, 0.29) is 5.78 Å². The zero-order valence-corrected chi connectivity index (χ0v) is 13.1. The number of ketones is 1. The molecule has 1 heterocycles. The van der Waals surface area contributed by atoms with Gasteiger partial charge in [0.25, 0.3) is 5.91 Å². The van der Waals surface area contributed by atoms with Crippen molar-refractivity contribution in [2.75, 3.05) is 0 Å². The molecule has 0 fully saturated rings. The van der Waals surface area contributed by atoms with E-state index >= 15 is 0 Å². The van der Waals surface area contributed by atoms with Gasteiger partial charge in [0.15, 0.2) is 5.78 Å². The Kier molecular flexibility index (Phi) is 4.26. The van der Waals surface area contributed by atoms with Gasteiger partial charge in [-0.2, -0.15) is 0 Å².